The number of nitrogens with zero attached hydrogens (tertiary/aromatic N) is 1. The van der Waals surface area contributed by atoms with Crippen LogP contribution in [0.5, 0.6) is 0 Å². The van der Waals surface area contributed by atoms with Crippen molar-refractivity contribution in [3.05, 3.63) is 34.9 Å². The van der Waals surface area contributed by atoms with Crippen LogP contribution in [-0.2, 0) is 4.74 Å². The van der Waals surface area contributed by atoms with E-state index < -0.39 is 0 Å². The number of benzene rings is 1. The molecule has 2 saturated heterocycles. The maximum Gasteiger partial charge on any atom is 0.0896 e. The zero-order valence-corrected chi connectivity index (χ0v) is 14.7. The second-order valence-electron chi connectivity index (χ2n) is 6.25. The average Bonchev–Trinajstić information content (AvgIpc) is 2.55. The number of rotatable bonds is 4. The van der Waals surface area contributed by atoms with Crippen LogP contribution in [0.1, 0.15) is 24.4 Å². The van der Waals surface area contributed by atoms with E-state index in [1.807, 2.05) is 12.1 Å². The van der Waals surface area contributed by atoms with E-state index in [0.29, 0.717) is 6.04 Å². The predicted molar refractivity (Wildman–Crippen MR) is 94.9 cm³/mol. The van der Waals surface area contributed by atoms with Gasteiger partial charge in [0.1, 0.15) is 0 Å². The van der Waals surface area contributed by atoms with Gasteiger partial charge in [0.05, 0.1) is 18.8 Å². The molecule has 22 heavy (non-hydrogen) atoms. The van der Waals surface area contributed by atoms with Gasteiger partial charge in [0.2, 0.25) is 0 Å². The van der Waals surface area contributed by atoms with Crippen LogP contribution < -0.4 is 5.32 Å². The van der Waals surface area contributed by atoms with Gasteiger partial charge in [0, 0.05) is 24.2 Å². The first-order valence-electron chi connectivity index (χ1n) is 8.12. The van der Waals surface area contributed by atoms with Gasteiger partial charge in [-0.1, -0.05) is 23.7 Å². The summed E-state index contributed by atoms with van der Waals surface area (Å²) in [7, 11) is 2.17. The molecular weight excluding hydrogens is 316 g/mol. The molecule has 0 spiro atoms. The van der Waals surface area contributed by atoms with Crippen molar-refractivity contribution in [3.8, 4) is 0 Å². The van der Waals surface area contributed by atoms with Crippen LogP contribution in [0.4, 0.5) is 0 Å². The highest BCUT2D eigenvalue weighted by Gasteiger charge is 2.30. The Morgan fingerprint density at radius 2 is 2.00 bits per heavy atom. The summed E-state index contributed by atoms with van der Waals surface area (Å²) in [5, 5.41) is 4.66. The molecular formula is C17H25ClN2OS. The Morgan fingerprint density at radius 3 is 2.68 bits per heavy atom. The molecule has 3 nitrogen and oxygen atoms in total. The summed E-state index contributed by atoms with van der Waals surface area (Å²) in [6.07, 6.45) is 2.70. The van der Waals surface area contributed by atoms with E-state index in [0.717, 1.165) is 24.7 Å². The average molecular weight is 341 g/mol. The Hall–Kier alpha value is -0.260. The third-order valence-electron chi connectivity index (χ3n) is 4.53. The molecule has 1 N–H and O–H groups in total. The first-order chi connectivity index (χ1) is 10.7. The number of halogens is 1. The highest BCUT2D eigenvalue weighted by molar-refractivity contribution is 7.99. The molecule has 1 aromatic carbocycles. The number of morpholine rings is 1. The van der Waals surface area contributed by atoms with E-state index in [2.05, 4.69) is 41.2 Å². The largest absolute Gasteiger partial charge is 0.374 e. The van der Waals surface area contributed by atoms with Gasteiger partial charge in [-0.15, -0.1) is 0 Å². The van der Waals surface area contributed by atoms with Crippen molar-refractivity contribution in [2.45, 2.75) is 31.0 Å². The molecule has 0 radical (unpaired) electrons. The second kappa shape index (κ2) is 8.02. The molecule has 2 atom stereocenters. The van der Waals surface area contributed by atoms with E-state index in [4.69, 9.17) is 16.3 Å². The van der Waals surface area contributed by atoms with E-state index in [-0.39, 0.29) is 12.1 Å². The van der Waals surface area contributed by atoms with Crippen molar-refractivity contribution in [1.29, 1.82) is 0 Å². The number of hydrogen-bond donors (Lipinski definition) is 1. The molecule has 1 aromatic rings. The standard InChI is InChI=1S/C17H25ClN2OS/c1-20-8-9-21-16(12-20)17(13-2-4-14(18)5-3-13)19-15-6-10-22-11-7-15/h2-5,15-17,19H,6-12H2,1H3/t16-,17+/m0/s1. The fourth-order valence-corrected chi connectivity index (χ4v) is 4.45. The summed E-state index contributed by atoms with van der Waals surface area (Å²) in [5.74, 6) is 2.52. The lowest BCUT2D eigenvalue weighted by atomic mass is 9.98. The maximum absolute atomic E-state index is 6.09. The summed E-state index contributed by atoms with van der Waals surface area (Å²) in [6, 6.07) is 9.07. The molecule has 3 rings (SSSR count). The van der Waals surface area contributed by atoms with Crippen molar-refractivity contribution >= 4 is 23.4 Å². The Morgan fingerprint density at radius 1 is 1.27 bits per heavy atom. The van der Waals surface area contributed by atoms with Crippen LogP contribution in [0.15, 0.2) is 24.3 Å². The van der Waals surface area contributed by atoms with Gasteiger partial charge in [-0.05, 0) is 49.1 Å². The monoisotopic (exact) mass is 340 g/mol. The zero-order chi connectivity index (χ0) is 15.4. The SMILES string of the molecule is CN1CCO[C@H]([C@H](NC2CCSCC2)c2ccc(Cl)cc2)C1. The number of hydrogen-bond acceptors (Lipinski definition) is 4. The van der Waals surface area contributed by atoms with E-state index in [1.54, 1.807) is 0 Å². The van der Waals surface area contributed by atoms with Gasteiger partial charge >= 0.3 is 0 Å². The minimum Gasteiger partial charge on any atom is -0.374 e. The van der Waals surface area contributed by atoms with Gasteiger partial charge in [0.15, 0.2) is 0 Å². The van der Waals surface area contributed by atoms with Gasteiger partial charge in [-0.25, -0.2) is 0 Å². The minimum absolute atomic E-state index is 0.203. The lowest BCUT2D eigenvalue weighted by molar-refractivity contribution is -0.0414. The van der Waals surface area contributed by atoms with Crippen LogP contribution >= 0.6 is 23.4 Å². The summed E-state index contributed by atoms with van der Waals surface area (Å²) >= 11 is 8.12. The first-order valence-corrected chi connectivity index (χ1v) is 9.65. The highest BCUT2D eigenvalue weighted by atomic mass is 35.5. The van der Waals surface area contributed by atoms with Gasteiger partial charge in [-0.3, -0.25) is 0 Å². The van der Waals surface area contributed by atoms with E-state index in [1.165, 1.54) is 29.9 Å². The normalized spacial score (nSPS) is 26.0. The van der Waals surface area contributed by atoms with Crippen LogP contribution in [0, 0.1) is 0 Å². The molecule has 0 unspecified atom stereocenters. The van der Waals surface area contributed by atoms with Gasteiger partial charge in [-0.2, -0.15) is 11.8 Å². The first kappa shape index (κ1) is 16.6. The molecule has 0 saturated carbocycles. The molecule has 0 bridgehead atoms. The van der Waals surface area contributed by atoms with Crippen molar-refractivity contribution < 1.29 is 4.74 Å². The lowest BCUT2D eigenvalue weighted by Gasteiger charge is -2.38. The molecule has 0 aliphatic carbocycles. The van der Waals surface area contributed by atoms with Crippen molar-refractivity contribution in [1.82, 2.24) is 10.2 Å². The van der Waals surface area contributed by atoms with Gasteiger partial charge in [0.25, 0.3) is 0 Å². The van der Waals surface area contributed by atoms with Crippen molar-refractivity contribution in [2.75, 3.05) is 38.2 Å². The fraction of sp³-hybridized carbons (Fsp3) is 0.647. The molecule has 2 aliphatic heterocycles. The van der Waals surface area contributed by atoms with Crippen LogP contribution in [-0.4, -0.2) is 55.3 Å². The lowest BCUT2D eigenvalue weighted by Crippen LogP contribution is -2.49. The van der Waals surface area contributed by atoms with Crippen molar-refractivity contribution in [2.24, 2.45) is 0 Å². The highest BCUT2D eigenvalue weighted by Crippen LogP contribution is 2.27. The quantitative estimate of drug-likeness (QED) is 0.909. The Kier molecular flexibility index (Phi) is 6.05. The third kappa shape index (κ3) is 4.39. The molecule has 2 aliphatic rings. The molecule has 122 valence electrons. The second-order valence-corrected chi connectivity index (χ2v) is 7.92. The summed E-state index contributed by atoms with van der Waals surface area (Å²) in [4.78, 5) is 2.36. The Bertz CT molecular complexity index is 464. The zero-order valence-electron chi connectivity index (χ0n) is 13.1. The third-order valence-corrected chi connectivity index (χ3v) is 5.83. The molecule has 2 heterocycles. The van der Waals surface area contributed by atoms with Crippen LogP contribution in [0.3, 0.4) is 0 Å². The number of thioether (sulfide) groups is 1. The Labute approximate surface area is 142 Å². The maximum atomic E-state index is 6.09. The summed E-state index contributed by atoms with van der Waals surface area (Å²) in [5.41, 5.74) is 1.28. The molecule has 5 heteroatoms. The summed E-state index contributed by atoms with van der Waals surface area (Å²) < 4.78 is 6.09. The molecule has 0 amide bonds. The fourth-order valence-electron chi connectivity index (χ4n) is 3.22. The Balaban J connectivity index is 1.75. The number of nitrogens with one attached hydrogen (secondary N) is 1. The van der Waals surface area contributed by atoms with Crippen molar-refractivity contribution in [3.63, 3.8) is 0 Å². The van der Waals surface area contributed by atoms with E-state index >= 15 is 0 Å². The van der Waals surface area contributed by atoms with Crippen LogP contribution in [0.25, 0.3) is 0 Å². The number of likely N-dealkylation sites (N-methyl/N-ethyl adjacent to an activating group) is 1. The smallest absolute Gasteiger partial charge is 0.0896 e. The minimum atomic E-state index is 0.203. The number of ether oxygens (including phenoxy) is 1. The summed E-state index contributed by atoms with van der Waals surface area (Å²) in [6.45, 7) is 2.80. The van der Waals surface area contributed by atoms with E-state index in [9.17, 15) is 0 Å². The molecule has 2 fully saturated rings. The van der Waals surface area contributed by atoms with Gasteiger partial charge < -0.3 is 15.0 Å². The predicted octanol–water partition coefficient (Wildman–Crippen LogP) is 3.20. The topological polar surface area (TPSA) is 24.5 Å². The van der Waals surface area contributed by atoms with Crippen LogP contribution in [0.2, 0.25) is 5.02 Å². The molecule has 0 aromatic heterocycles.